The topological polar surface area (TPSA) is 52.6 Å². The average Bonchev–Trinajstić information content (AvgIpc) is 2.46. The van der Waals surface area contributed by atoms with Gasteiger partial charge in [0, 0.05) is 0 Å². The first-order valence-electron chi connectivity index (χ1n) is 7.32. The van der Waals surface area contributed by atoms with Crippen molar-refractivity contribution in [1.82, 2.24) is 0 Å². The van der Waals surface area contributed by atoms with Crippen LogP contribution in [0.3, 0.4) is 0 Å². The van der Waals surface area contributed by atoms with E-state index < -0.39 is 5.41 Å². The maximum absolute atomic E-state index is 11.8. The zero-order chi connectivity index (χ0) is 15.7. The molecule has 0 aliphatic heterocycles. The number of esters is 2. The molecular weight excluding hydrogens is 268 g/mol. The normalized spacial score (nSPS) is 11.0. The molecule has 0 aliphatic carbocycles. The standard InChI is InChI=1S/C17H24O4/c1-4-11-17(2,3)16(19)20-12-10-15(18)21-13-14-8-6-5-7-9-14/h5-9H,4,10-13H2,1-3H3. The van der Waals surface area contributed by atoms with E-state index >= 15 is 0 Å². The van der Waals surface area contributed by atoms with Gasteiger partial charge in [0.2, 0.25) is 0 Å². The first-order chi connectivity index (χ1) is 9.95. The Kier molecular flexibility index (Phi) is 6.92. The fourth-order valence-corrected chi connectivity index (χ4v) is 1.96. The van der Waals surface area contributed by atoms with Crippen LogP contribution in [0.1, 0.15) is 45.6 Å². The molecule has 116 valence electrons. The van der Waals surface area contributed by atoms with Gasteiger partial charge in [0.15, 0.2) is 0 Å². The van der Waals surface area contributed by atoms with Crippen LogP contribution in [0, 0.1) is 5.41 Å². The summed E-state index contributed by atoms with van der Waals surface area (Å²) in [4.78, 5) is 23.4. The molecule has 0 spiro atoms. The molecule has 4 nitrogen and oxygen atoms in total. The zero-order valence-corrected chi connectivity index (χ0v) is 13.1. The van der Waals surface area contributed by atoms with Gasteiger partial charge in [-0.05, 0) is 25.8 Å². The molecule has 21 heavy (non-hydrogen) atoms. The van der Waals surface area contributed by atoms with Crippen molar-refractivity contribution in [3.8, 4) is 0 Å². The molecule has 4 heteroatoms. The SMILES string of the molecule is CCCC(C)(C)C(=O)OCCC(=O)OCc1ccccc1. The van der Waals surface area contributed by atoms with Crippen LogP contribution in [0.25, 0.3) is 0 Å². The van der Waals surface area contributed by atoms with Crippen molar-refractivity contribution in [3.05, 3.63) is 35.9 Å². The summed E-state index contributed by atoms with van der Waals surface area (Å²) in [6.45, 7) is 6.05. The molecule has 1 rings (SSSR count). The minimum atomic E-state index is -0.497. The lowest BCUT2D eigenvalue weighted by atomic mass is 9.88. The lowest BCUT2D eigenvalue weighted by Gasteiger charge is -2.21. The van der Waals surface area contributed by atoms with Gasteiger partial charge in [-0.25, -0.2) is 0 Å². The van der Waals surface area contributed by atoms with E-state index in [9.17, 15) is 9.59 Å². The molecule has 0 heterocycles. The largest absolute Gasteiger partial charge is 0.465 e. The molecule has 0 saturated heterocycles. The van der Waals surface area contributed by atoms with Gasteiger partial charge in [-0.15, -0.1) is 0 Å². The van der Waals surface area contributed by atoms with Gasteiger partial charge >= 0.3 is 11.9 Å². The molecule has 0 amide bonds. The van der Waals surface area contributed by atoms with Crippen LogP contribution in [0.15, 0.2) is 30.3 Å². The summed E-state index contributed by atoms with van der Waals surface area (Å²) in [7, 11) is 0. The van der Waals surface area contributed by atoms with Crippen molar-refractivity contribution >= 4 is 11.9 Å². The molecule has 1 aromatic rings. The van der Waals surface area contributed by atoms with E-state index in [1.54, 1.807) is 0 Å². The predicted molar refractivity (Wildman–Crippen MR) is 80.5 cm³/mol. The van der Waals surface area contributed by atoms with Crippen LogP contribution in [0.2, 0.25) is 0 Å². The summed E-state index contributed by atoms with van der Waals surface area (Å²) >= 11 is 0. The molecule has 0 N–H and O–H groups in total. The maximum atomic E-state index is 11.8. The lowest BCUT2D eigenvalue weighted by molar-refractivity contribution is -0.157. The smallest absolute Gasteiger partial charge is 0.311 e. The number of rotatable bonds is 8. The lowest BCUT2D eigenvalue weighted by Crippen LogP contribution is -2.27. The van der Waals surface area contributed by atoms with E-state index in [2.05, 4.69) is 0 Å². The van der Waals surface area contributed by atoms with Crippen molar-refractivity contribution in [2.75, 3.05) is 6.61 Å². The van der Waals surface area contributed by atoms with Crippen LogP contribution < -0.4 is 0 Å². The second kappa shape index (κ2) is 8.45. The van der Waals surface area contributed by atoms with Gasteiger partial charge in [0.25, 0.3) is 0 Å². The second-order valence-electron chi connectivity index (χ2n) is 5.67. The fraction of sp³-hybridized carbons (Fsp3) is 0.529. The molecule has 0 unspecified atom stereocenters. The Bertz CT molecular complexity index is 451. The van der Waals surface area contributed by atoms with Gasteiger partial charge in [-0.1, -0.05) is 43.7 Å². The van der Waals surface area contributed by atoms with E-state index in [4.69, 9.17) is 9.47 Å². The Labute approximate surface area is 126 Å². The van der Waals surface area contributed by atoms with Gasteiger partial charge < -0.3 is 9.47 Å². The fourth-order valence-electron chi connectivity index (χ4n) is 1.96. The van der Waals surface area contributed by atoms with E-state index in [1.165, 1.54) is 0 Å². The van der Waals surface area contributed by atoms with Crippen molar-refractivity contribution in [2.24, 2.45) is 5.41 Å². The highest BCUT2D eigenvalue weighted by atomic mass is 16.5. The highest BCUT2D eigenvalue weighted by molar-refractivity contribution is 5.76. The monoisotopic (exact) mass is 292 g/mol. The van der Waals surface area contributed by atoms with E-state index in [-0.39, 0.29) is 31.6 Å². The van der Waals surface area contributed by atoms with Crippen molar-refractivity contribution in [2.45, 2.75) is 46.6 Å². The minimum absolute atomic E-state index is 0.0690. The molecule has 0 fully saturated rings. The number of carbonyl (C=O) groups is 2. The molecule has 0 aromatic heterocycles. The third-order valence-electron chi connectivity index (χ3n) is 3.21. The number of hydrogen-bond donors (Lipinski definition) is 0. The summed E-state index contributed by atoms with van der Waals surface area (Å²) in [6, 6.07) is 9.46. The number of hydrogen-bond acceptors (Lipinski definition) is 4. The Morgan fingerprint density at radius 3 is 2.38 bits per heavy atom. The predicted octanol–water partition coefficient (Wildman–Crippen LogP) is 3.49. The first-order valence-corrected chi connectivity index (χ1v) is 7.32. The van der Waals surface area contributed by atoms with E-state index in [1.807, 2.05) is 51.1 Å². The highest BCUT2D eigenvalue weighted by Crippen LogP contribution is 2.23. The summed E-state index contributed by atoms with van der Waals surface area (Å²) in [5, 5.41) is 0. The number of ether oxygens (including phenoxy) is 2. The Morgan fingerprint density at radius 2 is 1.76 bits per heavy atom. The Balaban J connectivity index is 2.23. The van der Waals surface area contributed by atoms with Crippen LogP contribution in [0.5, 0.6) is 0 Å². The number of benzene rings is 1. The molecule has 0 radical (unpaired) electrons. The quantitative estimate of drug-likeness (QED) is 0.688. The van der Waals surface area contributed by atoms with Crippen LogP contribution in [-0.4, -0.2) is 18.5 Å². The van der Waals surface area contributed by atoms with E-state index in [0.717, 1.165) is 18.4 Å². The van der Waals surface area contributed by atoms with Gasteiger partial charge in [-0.2, -0.15) is 0 Å². The third-order valence-corrected chi connectivity index (χ3v) is 3.21. The van der Waals surface area contributed by atoms with Crippen LogP contribution >= 0.6 is 0 Å². The molecule has 0 saturated carbocycles. The Hall–Kier alpha value is -1.84. The molecule has 0 bridgehead atoms. The van der Waals surface area contributed by atoms with Gasteiger partial charge in [-0.3, -0.25) is 9.59 Å². The molecule has 0 aliphatic rings. The summed E-state index contributed by atoms with van der Waals surface area (Å²) in [6.07, 6.45) is 1.77. The van der Waals surface area contributed by atoms with Crippen LogP contribution in [-0.2, 0) is 25.7 Å². The Morgan fingerprint density at radius 1 is 1.10 bits per heavy atom. The highest BCUT2D eigenvalue weighted by Gasteiger charge is 2.28. The third kappa shape index (κ3) is 6.43. The van der Waals surface area contributed by atoms with Crippen molar-refractivity contribution < 1.29 is 19.1 Å². The summed E-state index contributed by atoms with van der Waals surface area (Å²) in [5.74, 6) is -0.625. The molecule has 1 aromatic carbocycles. The molecule has 0 atom stereocenters. The first kappa shape index (κ1) is 17.2. The maximum Gasteiger partial charge on any atom is 0.311 e. The van der Waals surface area contributed by atoms with Crippen molar-refractivity contribution in [3.63, 3.8) is 0 Å². The van der Waals surface area contributed by atoms with E-state index in [0.29, 0.717) is 0 Å². The molecular formula is C17H24O4. The zero-order valence-electron chi connectivity index (χ0n) is 13.1. The van der Waals surface area contributed by atoms with Crippen molar-refractivity contribution in [1.29, 1.82) is 0 Å². The summed E-state index contributed by atoms with van der Waals surface area (Å²) in [5.41, 5.74) is 0.440. The number of carbonyl (C=O) groups excluding carboxylic acids is 2. The van der Waals surface area contributed by atoms with Gasteiger partial charge in [0.1, 0.15) is 13.2 Å². The van der Waals surface area contributed by atoms with Crippen LogP contribution in [0.4, 0.5) is 0 Å². The average molecular weight is 292 g/mol. The second-order valence-corrected chi connectivity index (χ2v) is 5.67. The summed E-state index contributed by atoms with van der Waals surface area (Å²) < 4.78 is 10.3. The van der Waals surface area contributed by atoms with Gasteiger partial charge in [0.05, 0.1) is 11.8 Å². The minimum Gasteiger partial charge on any atom is -0.465 e.